The van der Waals surface area contributed by atoms with E-state index in [1.54, 1.807) is 12.4 Å². The van der Waals surface area contributed by atoms with Gasteiger partial charge in [-0.3, -0.25) is 9.78 Å². The van der Waals surface area contributed by atoms with Crippen LogP contribution in [-0.2, 0) is 11.2 Å². The highest BCUT2D eigenvalue weighted by Crippen LogP contribution is 2.38. The number of aromatic nitrogens is 2. The van der Waals surface area contributed by atoms with Crippen LogP contribution in [0.25, 0.3) is 11.3 Å². The molecule has 0 spiro atoms. The zero-order valence-corrected chi connectivity index (χ0v) is 21.7. The van der Waals surface area contributed by atoms with Gasteiger partial charge in [-0.2, -0.15) is 0 Å². The van der Waals surface area contributed by atoms with E-state index in [4.69, 9.17) is 10.5 Å². The normalized spacial score (nSPS) is 24.1. The van der Waals surface area contributed by atoms with Gasteiger partial charge in [0, 0.05) is 38.1 Å². The largest absolute Gasteiger partial charge is 0.391 e. The van der Waals surface area contributed by atoms with E-state index in [0.29, 0.717) is 50.0 Å². The summed E-state index contributed by atoms with van der Waals surface area (Å²) in [6.45, 7) is 2.98. The fraction of sp³-hybridized carbons (Fsp3) is 0.433. The minimum atomic E-state index is -0.924. The predicted molar refractivity (Wildman–Crippen MR) is 140 cm³/mol. The summed E-state index contributed by atoms with van der Waals surface area (Å²) in [5.74, 6) is -3.20. The third kappa shape index (κ3) is 5.76. The number of pyridine rings is 2. The molecule has 6 nitrogen and oxygen atoms in total. The van der Waals surface area contributed by atoms with E-state index in [0.717, 1.165) is 11.6 Å². The molecule has 39 heavy (non-hydrogen) atoms. The van der Waals surface area contributed by atoms with Gasteiger partial charge in [-0.15, -0.1) is 0 Å². The first-order valence-corrected chi connectivity index (χ1v) is 13.4. The maximum atomic E-state index is 15.2. The van der Waals surface area contributed by atoms with Crippen molar-refractivity contribution in [1.29, 1.82) is 0 Å². The third-order valence-corrected chi connectivity index (χ3v) is 8.09. The maximum absolute atomic E-state index is 15.2. The average Bonchev–Trinajstić information content (AvgIpc) is 2.92. The van der Waals surface area contributed by atoms with Gasteiger partial charge in [0.15, 0.2) is 5.78 Å². The molecule has 4 atom stereocenters. The highest BCUT2D eigenvalue weighted by atomic mass is 19.1. The summed E-state index contributed by atoms with van der Waals surface area (Å²) in [4.78, 5) is 21.5. The van der Waals surface area contributed by atoms with Gasteiger partial charge in [0.2, 0.25) is 0 Å². The summed E-state index contributed by atoms with van der Waals surface area (Å²) in [6, 6.07) is 6.14. The van der Waals surface area contributed by atoms with Crippen LogP contribution in [0.15, 0.2) is 42.7 Å². The molecule has 0 radical (unpaired) electrons. The topological polar surface area (TPSA) is 98.3 Å². The smallest absolute Gasteiger partial charge is 0.185 e. The molecule has 0 bridgehead atoms. The van der Waals surface area contributed by atoms with Crippen LogP contribution in [-0.4, -0.2) is 46.2 Å². The summed E-state index contributed by atoms with van der Waals surface area (Å²) in [5, 5.41) is 10.2. The molecule has 2 aromatic heterocycles. The lowest BCUT2D eigenvalue weighted by Crippen LogP contribution is -2.44. The number of carbonyl (C=O) groups excluding carboxylic acids is 1. The molecule has 3 aromatic rings. The Balaban J connectivity index is 1.41. The third-order valence-electron chi connectivity index (χ3n) is 8.09. The number of nitrogens with zero attached hydrogens (tertiary/aromatic N) is 2. The summed E-state index contributed by atoms with van der Waals surface area (Å²) in [6.07, 6.45) is 5.18. The number of hydrogen-bond donors (Lipinski definition) is 2. The number of Topliss-reactive ketones (excluding diaryl/α,β-unsaturated/α-hetero) is 1. The molecule has 2 aliphatic rings. The molecule has 1 aromatic carbocycles. The number of ketones is 1. The molecule has 9 heteroatoms. The van der Waals surface area contributed by atoms with E-state index in [2.05, 4.69) is 9.97 Å². The molecule has 5 rings (SSSR count). The molecular formula is C30H32F3N3O3. The van der Waals surface area contributed by atoms with Crippen molar-refractivity contribution >= 4 is 5.78 Å². The van der Waals surface area contributed by atoms with E-state index >= 15 is 8.78 Å². The van der Waals surface area contributed by atoms with E-state index in [9.17, 15) is 14.3 Å². The highest BCUT2D eigenvalue weighted by Gasteiger charge is 2.34. The number of nitrogens with two attached hydrogens (primary N) is 1. The second-order valence-electron chi connectivity index (χ2n) is 10.7. The van der Waals surface area contributed by atoms with Crippen LogP contribution in [0.2, 0.25) is 0 Å². The van der Waals surface area contributed by atoms with Crippen molar-refractivity contribution in [1.82, 2.24) is 9.97 Å². The number of carbonyl (C=O) groups is 1. The molecular weight excluding hydrogens is 507 g/mol. The van der Waals surface area contributed by atoms with Gasteiger partial charge >= 0.3 is 0 Å². The lowest BCUT2D eigenvalue weighted by molar-refractivity contribution is 0.0519. The van der Waals surface area contributed by atoms with Gasteiger partial charge in [-0.05, 0) is 90.5 Å². The number of hydrogen-bond acceptors (Lipinski definition) is 6. The minimum Gasteiger partial charge on any atom is -0.391 e. The Morgan fingerprint density at radius 3 is 2.46 bits per heavy atom. The molecule has 3 N–H and O–H groups in total. The fourth-order valence-electron chi connectivity index (χ4n) is 5.93. The van der Waals surface area contributed by atoms with Crippen molar-refractivity contribution in [3.8, 4) is 11.3 Å². The molecule has 206 valence electrons. The molecule has 2 fully saturated rings. The van der Waals surface area contributed by atoms with E-state index in [-0.39, 0.29) is 35.9 Å². The predicted octanol–water partition coefficient (Wildman–Crippen LogP) is 5.08. The first-order valence-electron chi connectivity index (χ1n) is 13.4. The quantitative estimate of drug-likeness (QED) is 0.424. The molecule has 3 heterocycles. The van der Waals surface area contributed by atoms with Crippen LogP contribution in [0, 0.1) is 23.4 Å². The number of ether oxygens (including phenoxy) is 1. The summed E-state index contributed by atoms with van der Waals surface area (Å²) >= 11 is 0. The van der Waals surface area contributed by atoms with Gasteiger partial charge in [0.1, 0.15) is 28.8 Å². The van der Waals surface area contributed by atoms with E-state index in [1.165, 1.54) is 18.2 Å². The van der Waals surface area contributed by atoms with Crippen LogP contribution in [0.4, 0.5) is 13.2 Å². The van der Waals surface area contributed by atoms with Crippen molar-refractivity contribution in [2.45, 2.75) is 63.0 Å². The minimum absolute atomic E-state index is 0.000539. The second-order valence-corrected chi connectivity index (χ2v) is 10.7. The molecule has 0 unspecified atom stereocenters. The lowest BCUT2D eigenvalue weighted by atomic mass is 9.74. The fourth-order valence-corrected chi connectivity index (χ4v) is 5.93. The van der Waals surface area contributed by atoms with Crippen LogP contribution < -0.4 is 5.73 Å². The molecule has 1 saturated carbocycles. The molecule has 1 aliphatic heterocycles. The van der Waals surface area contributed by atoms with Gasteiger partial charge in [-0.25, -0.2) is 18.2 Å². The van der Waals surface area contributed by atoms with E-state index in [1.807, 2.05) is 13.0 Å². The number of halogens is 3. The molecule has 1 saturated heterocycles. The van der Waals surface area contributed by atoms with Crippen molar-refractivity contribution in [2.24, 2.45) is 11.7 Å². The Kier molecular flexibility index (Phi) is 8.11. The van der Waals surface area contributed by atoms with Crippen LogP contribution in [0.1, 0.15) is 71.6 Å². The number of benzene rings is 1. The zero-order valence-electron chi connectivity index (χ0n) is 21.7. The number of rotatable bonds is 6. The van der Waals surface area contributed by atoms with Crippen molar-refractivity contribution in [2.75, 3.05) is 13.2 Å². The first-order chi connectivity index (χ1) is 18.7. The average molecular weight is 540 g/mol. The van der Waals surface area contributed by atoms with Crippen molar-refractivity contribution in [3.63, 3.8) is 0 Å². The highest BCUT2D eigenvalue weighted by molar-refractivity contribution is 5.96. The SMILES string of the molecule is C[C@H]1C[C@@H](c2ccncc2CC(=O)c2ccc(F)c(-c3c(F)cc(C4CCOCC4)cc3F)n2)C[C@@H](N)[C@@H]1O. The van der Waals surface area contributed by atoms with E-state index < -0.39 is 40.6 Å². The lowest BCUT2D eigenvalue weighted by Gasteiger charge is -2.36. The standard InChI is InChI=1S/C30H32F3N3O3/c1-16-10-19(13-25(34)30(16)38)21-4-7-35-15-20(21)14-27(37)26-3-2-22(31)29(36-26)28-23(32)11-18(12-24(28)33)17-5-8-39-9-6-17/h2-4,7,11-12,15-17,19,25,30,38H,5-6,8-10,13-14,34H2,1H3/t16-,19+,25+,30+/m0/s1. The zero-order chi connectivity index (χ0) is 27.7. The first kappa shape index (κ1) is 27.4. The van der Waals surface area contributed by atoms with Crippen LogP contribution in [0.3, 0.4) is 0 Å². The Hall–Kier alpha value is -3.14. The van der Waals surface area contributed by atoms with Gasteiger partial charge in [0.25, 0.3) is 0 Å². The summed E-state index contributed by atoms with van der Waals surface area (Å²) < 4.78 is 50.5. The van der Waals surface area contributed by atoms with Gasteiger partial charge < -0.3 is 15.6 Å². The van der Waals surface area contributed by atoms with Crippen molar-refractivity contribution < 1.29 is 27.8 Å². The Labute approximate surface area is 225 Å². The van der Waals surface area contributed by atoms with Gasteiger partial charge in [0.05, 0.1) is 11.7 Å². The second kappa shape index (κ2) is 11.5. The molecule has 0 amide bonds. The summed E-state index contributed by atoms with van der Waals surface area (Å²) in [7, 11) is 0. The number of aliphatic hydroxyl groups is 1. The van der Waals surface area contributed by atoms with Crippen LogP contribution >= 0.6 is 0 Å². The number of aliphatic hydroxyl groups excluding tert-OH is 1. The monoisotopic (exact) mass is 539 g/mol. The Morgan fingerprint density at radius 1 is 1.05 bits per heavy atom. The maximum Gasteiger partial charge on any atom is 0.185 e. The summed E-state index contributed by atoms with van der Waals surface area (Å²) in [5.41, 5.74) is 7.01. The Morgan fingerprint density at radius 2 is 1.77 bits per heavy atom. The Bertz CT molecular complexity index is 1330. The van der Waals surface area contributed by atoms with Crippen molar-refractivity contribution in [3.05, 3.63) is 82.6 Å². The van der Waals surface area contributed by atoms with Gasteiger partial charge in [-0.1, -0.05) is 6.92 Å². The van der Waals surface area contributed by atoms with Crippen LogP contribution in [0.5, 0.6) is 0 Å². The molecule has 1 aliphatic carbocycles.